The zero-order valence-corrected chi connectivity index (χ0v) is 14.7. The van der Waals surface area contributed by atoms with Crippen LogP contribution in [-0.4, -0.2) is 38.9 Å². The van der Waals surface area contributed by atoms with Gasteiger partial charge < -0.3 is 4.90 Å². The van der Waals surface area contributed by atoms with Crippen molar-refractivity contribution < 1.29 is 17.7 Å². The van der Waals surface area contributed by atoms with E-state index in [4.69, 9.17) is 11.6 Å². The van der Waals surface area contributed by atoms with Gasteiger partial charge in [0.05, 0.1) is 26.2 Å². The van der Waals surface area contributed by atoms with Crippen molar-refractivity contribution in [3.8, 4) is 0 Å². The molecule has 1 saturated heterocycles. The molecule has 2 aromatic rings. The number of sulfonamides is 1. The summed E-state index contributed by atoms with van der Waals surface area (Å²) in [6.45, 7) is 2.83. The summed E-state index contributed by atoms with van der Waals surface area (Å²) in [7, 11) is -3.78. The lowest BCUT2D eigenvalue weighted by molar-refractivity contribution is -0.917. The predicted octanol–water partition coefficient (Wildman–Crippen LogP) is 1.57. The van der Waals surface area contributed by atoms with Gasteiger partial charge in [-0.1, -0.05) is 41.9 Å². The van der Waals surface area contributed by atoms with Crippen LogP contribution in [0.1, 0.15) is 5.56 Å². The van der Waals surface area contributed by atoms with Gasteiger partial charge in [-0.15, -0.1) is 0 Å². The molecule has 0 unspecified atom stereocenters. The molecular weight excluding hydrogens is 351 g/mol. The molecular formula is C17H19ClFN2O2S+. The Morgan fingerprint density at radius 3 is 2.33 bits per heavy atom. The minimum atomic E-state index is -3.78. The molecule has 0 saturated carbocycles. The van der Waals surface area contributed by atoms with Crippen LogP contribution in [0.3, 0.4) is 0 Å². The van der Waals surface area contributed by atoms with E-state index in [-0.39, 0.29) is 4.90 Å². The summed E-state index contributed by atoms with van der Waals surface area (Å²) in [4.78, 5) is 1.02. The monoisotopic (exact) mass is 369 g/mol. The van der Waals surface area contributed by atoms with E-state index in [1.165, 1.54) is 33.5 Å². The van der Waals surface area contributed by atoms with Crippen molar-refractivity contribution in [2.75, 3.05) is 26.2 Å². The standard InChI is InChI=1S/C17H18ClFN2O2S/c18-15-6-2-1-5-14(15)13-20-9-11-21(12-10-20)24(22,23)17-8-4-3-7-16(17)19/h1-8H,9-13H2/p+1. The lowest BCUT2D eigenvalue weighted by Gasteiger charge is -2.31. The van der Waals surface area contributed by atoms with E-state index in [9.17, 15) is 12.8 Å². The number of nitrogens with zero attached hydrogens (tertiary/aromatic N) is 1. The molecule has 0 atom stereocenters. The Hall–Kier alpha value is -1.47. The SMILES string of the molecule is O=S(=O)(c1ccccc1F)N1CC[NH+](Cc2ccccc2Cl)CC1. The van der Waals surface area contributed by atoms with Crippen molar-refractivity contribution in [3.63, 3.8) is 0 Å². The van der Waals surface area contributed by atoms with E-state index in [0.717, 1.165) is 17.1 Å². The van der Waals surface area contributed by atoms with Gasteiger partial charge in [0, 0.05) is 10.6 Å². The second kappa shape index (κ2) is 7.19. The Morgan fingerprint density at radius 2 is 1.67 bits per heavy atom. The Kier molecular flexibility index (Phi) is 5.20. The van der Waals surface area contributed by atoms with Crippen LogP contribution in [0, 0.1) is 5.82 Å². The van der Waals surface area contributed by atoms with Crippen molar-refractivity contribution in [1.82, 2.24) is 4.31 Å². The fourth-order valence-corrected chi connectivity index (χ4v) is 4.63. The van der Waals surface area contributed by atoms with E-state index in [1.54, 1.807) is 0 Å². The molecule has 24 heavy (non-hydrogen) atoms. The molecule has 0 amide bonds. The van der Waals surface area contributed by atoms with Crippen LogP contribution in [0.15, 0.2) is 53.4 Å². The first-order chi connectivity index (χ1) is 11.5. The van der Waals surface area contributed by atoms with E-state index in [0.29, 0.717) is 26.2 Å². The second-order valence-electron chi connectivity index (χ2n) is 5.85. The van der Waals surface area contributed by atoms with Crippen LogP contribution in [0.5, 0.6) is 0 Å². The Balaban J connectivity index is 1.67. The Bertz CT molecular complexity index is 821. The third-order valence-electron chi connectivity index (χ3n) is 4.28. The molecule has 1 heterocycles. The smallest absolute Gasteiger partial charge is 0.246 e. The van der Waals surface area contributed by atoms with Crippen LogP contribution in [0.2, 0.25) is 5.02 Å². The largest absolute Gasteiger partial charge is 0.329 e. The lowest BCUT2D eigenvalue weighted by Crippen LogP contribution is -3.13. The summed E-state index contributed by atoms with van der Waals surface area (Å²) >= 11 is 6.18. The number of quaternary nitrogens is 1. The second-order valence-corrected chi connectivity index (χ2v) is 8.17. The molecule has 7 heteroatoms. The number of benzene rings is 2. The summed E-state index contributed by atoms with van der Waals surface area (Å²) in [5, 5.41) is 0.728. The lowest BCUT2D eigenvalue weighted by atomic mass is 10.2. The van der Waals surface area contributed by atoms with Gasteiger partial charge in [-0.25, -0.2) is 12.8 Å². The topological polar surface area (TPSA) is 41.8 Å². The molecule has 4 nitrogen and oxygen atoms in total. The van der Waals surface area contributed by atoms with Gasteiger partial charge in [0.25, 0.3) is 0 Å². The third kappa shape index (κ3) is 3.62. The normalized spacial score (nSPS) is 17.1. The molecule has 0 radical (unpaired) electrons. The van der Waals surface area contributed by atoms with E-state index < -0.39 is 15.8 Å². The maximum Gasteiger partial charge on any atom is 0.246 e. The Labute approximate surface area is 146 Å². The van der Waals surface area contributed by atoms with E-state index in [1.807, 2.05) is 24.3 Å². The Morgan fingerprint density at radius 1 is 1.04 bits per heavy atom. The highest BCUT2D eigenvalue weighted by Gasteiger charge is 2.32. The fourth-order valence-electron chi connectivity index (χ4n) is 2.92. The molecule has 128 valence electrons. The third-order valence-corrected chi connectivity index (χ3v) is 6.58. The maximum absolute atomic E-state index is 13.8. The average Bonchev–Trinajstić information content (AvgIpc) is 2.58. The summed E-state index contributed by atoms with van der Waals surface area (Å²) in [6, 6.07) is 13.2. The van der Waals surface area contributed by atoms with Crippen LogP contribution in [0.25, 0.3) is 0 Å². The van der Waals surface area contributed by atoms with Crippen LogP contribution in [0.4, 0.5) is 4.39 Å². The first-order valence-electron chi connectivity index (χ1n) is 7.80. The number of rotatable bonds is 4. The fraction of sp³-hybridized carbons (Fsp3) is 0.294. The molecule has 0 aliphatic carbocycles. The van der Waals surface area contributed by atoms with Gasteiger partial charge in [-0.2, -0.15) is 4.31 Å². The molecule has 0 aromatic heterocycles. The van der Waals surface area contributed by atoms with Crippen LogP contribution < -0.4 is 4.90 Å². The predicted molar refractivity (Wildman–Crippen MR) is 91.0 cm³/mol. The quantitative estimate of drug-likeness (QED) is 0.888. The summed E-state index contributed by atoms with van der Waals surface area (Å²) < 4.78 is 40.4. The molecule has 1 aliphatic rings. The van der Waals surface area contributed by atoms with Gasteiger partial charge in [-0.3, -0.25) is 0 Å². The van der Waals surface area contributed by atoms with Gasteiger partial charge >= 0.3 is 0 Å². The van der Waals surface area contributed by atoms with Gasteiger partial charge in [-0.05, 0) is 18.2 Å². The summed E-state index contributed by atoms with van der Waals surface area (Å²) in [5.74, 6) is -0.705. The highest BCUT2D eigenvalue weighted by atomic mass is 35.5. The summed E-state index contributed by atoms with van der Waals surface area (Å²) in [6.07, 6.45) is 0. The summed E-state index contributed by atoms with van der Waals surface area (Å²) in [5.41, 5.74) is 1.06. The number of piperazine rings is 1. The number of halogens is 2. The number of nitrogens with one attached hydrogen (secondary N) is 1. The van der Waals surface area contributed by atoms with Crippen LogP contribution >= 0.6 is 11.6 Å². The first kappa shape index (κ1) is 17.4. The number of hydrogen-bond donors (Lipinski definition) is 1. The van der Waals surface area contributed by atoms with Crippen molar-refractivity contribution in [2.24, 2.45) is 0 Å². The molecule has 0 bridgehead atoms. The van der Waals surface area contributed by atoms with Gasteiger partial charge in [0.1, 0.15) is 17.3 Å². The molecule has 0 spiro atoms. The van der Waals surface area contributed by atoms with Gasteiger partial charge in [0.2, 0.25) is 10.0 Å². The van der Waals surface area contributed by atoms with E-state index >= 15 is 0 Å². The van der Waals surface area contributed by atoms with Crippen molar-refractivity contribution in [2.45, 2.75) is 11.4 Å². The molecule has 2 aromatic carbocycles. The number of hydrogen-bond acceptors (Lipinski definition) is 2. The van der Waals surface area contributed by atoms with Crippen molar-refractivity contribution >= 4 is 21.6 Å². The van der Waals surface area contributed by atoms with Crippen molar-refractivity contribution in [1.29, 1.82) is 0 Å². The highest BCUT2D eigenvalue weighted by Crippen LogP contribution is 2.19. The maximum atomic E-state index is 13.8. The van der Waals surface area contributed by atoms with Crippen molar-refractivity contribution in [3.05, 3.63) is 64.9 Å². The van der Waals surface area contributed by atoms with E-state index in [2.05, 4.69) is 0 Å². The van der Waals surface area contributed by atoms with Crippen LogP contribution in [-0.2, 0) is 16.6 Å². The highest BCUT2D eigenvalue weighted by molar-refractivity contribution is 7.89. The van der Waals surface area contributed by atoms with Gasteiger partial charge in [0.15, 0.2) is 0 Å². The molecule has 3 rings (SSSR count). The molecule has 1 aliphatic heterocycles. The minimum Gasteiger partial charge on any atom is -0.329 e. The zero-order chi connectivity index (χ0) is 17.2. The first-order valence-corrected chi connectivity index (χ1v) is 9.62. The zero-order valence-electron chi connectivity index (χ0n) is 13.1. The minimum absolute atomic E-state index is 0.250. The average molecular weight is 370 g/mol. The molecule has 1 N–H and O–H groups in total. The molecule has 1 fully saturated rings.